The lowest BCUT2D eigenvalue weighted by Gasteiger charge is -2.31. The van der Waals surface area contributed by atoms with Gasteiger partial charge in [0.15, 0.2) is 18.9 Å². The number of fused-ring (bicyclic) bond motifs is 3. The number of aliphatic hydroxyl groups excluding tert-OH is 2. The number of anilines is 1. The topological polar surface area (TPSA) is 355 Å². The molecule has 7 fully saturated rings. The SMILES string of the molecule is CC(C)CN(C[C@@H](O)[C@H](Cc1ccccc1)NC(=O)O[C@@H]1CO[C@@H]2OCCC[C@@H]21)S(=O)(=O)c1ccc(N)cc1.COc1ccc(S(=O)(=O)N(CC(C)C)C[C@@H](O)[C@H](Cc2ccccc2)NC(=O)O[C@@H]2CO[C@@H]3OCCC[C@@H]32)cc1.O=C(O[C@@H]1CO[C@@H]2OCCC[C@@H]21)ON1C(=O)CCC1=O. The molecule has 0 spiro atoms. The first-order chi connectivity index (χ1) is 47.4. The number of nitrogens with one attached hydrogen (secondary N) is 2. The molecule has 99 heavy (non-hydrogen) atoms. The number of nitrogen functional groups attached to an aromatic ring is 1. The van der Waals surface area contributed by atoms with E-state index in [1.807, 2.05) is 88.4 Å². The molecule has 0 aliphatic carbocycles. The molecule has 11 rings (SSSR count). The summed E-state index contributed by atoms with van der Waals surface area (Å²) in [7, 11) is -6.36. The molecule has 0 radical (unpaired) electrons. The maximum Gasteiger partial charge on any atom is 0.534 e. The second kappa shape index (κ2) is 36.0. The van der Waals surface area contributed by atoms with Crippen molar-refractivity contribution < 1.29 is 103 Å². The molecule has 0 aromatic heterocycles. The summed E-state index contributed by atoms with van der Waals surface area (Å²) in [5.74, 6) is -0.623. The number of carbonyl (C=O) groups is 5. The Morgan fingerprint density at radius 2 is 0.919 bits per heavy atom. The summed E-state index contributed by atoms with van der Waals surface area (Å²) in [5.41, 5.74) is 7.96. The third kappa shape index (κ3) is 21.3. The van der Waals surface area contributed by atoms with E-state index in [1.165, 1.54) is 52.1 Å². The number of nitrogens with two attached hydrogens (primary N) is 1. The van der Waals surface area contributed by atoms with E-state index in [0.29, 0.717) is 36.3 Å². The summed E-state index contributed by atoms with van der Waals surface area (Å²) in [4.78, 5) is 65.1. The molecule has 13 atom stereocenters. The van der Waals surface area contributed by atoms with Gasteiger partial charge in [-0.3, -0.25) is 14.4 Å². The minimum atomic E-state index is -3.94. The van der Waals surface area contributed by atoms with E-state index in [0.717, 1.165) is 49.7 Å². The lowest BCUT2D eigenvalue weighted by Crippen LogP contribution is -2.51. The van der Waals surface area contributed by atoms with E-state index in [9.17, 15) is 51.0 Å². The van der Waals surface area contributed by atoms with Gasteiger partial charge in [-0.05, 0) is 123 Å². The van der Waals surface area contributed by atoms with E-state index in [4.69, 9.17) is 53.1 Å². The molecule has 0 unspecified atom stereocenters. The highest BCUT2D eigenvalue weighted by Gasteiger charge is 2.46. The van der Waals surface area contributed by atoms with Crippen LogP contribution >= 0.6 is 0 Å². The molecule has 6 N–H and O–H groups in total. The van der Waals surface area contributed by atoms with Crippen LogP contribution in [0.4, 0.5) is 20.1 Å². The van der Waals surface area contributed by atoms with Gasteiger partial charge in [0.1, 0.15) is 24.1 Å². The standard InChI is InChI=1S/C29H40N2O8S.C28H39N3O7S.C12H15NO7/c1-20(2)17-31(40(34,35)23-13-11-22(36-3)12-14-23)18-26(32)25(16-21-8-5-4-6-9-21)30-29(33)39-27-19-38-28-24(27)10-7-15-37-28;1-19(2)16-31(39(34,35)22-12-10-21(29)11-13-22)17-25(32)24(15-20-7-4-3-5-8-20)30-28(33)38-26-18-37-27-23(26)9-6-14-36-27;14-9-3-4-10(15)13(9)20-12(16)19-8-6-18-11-7(8)2-1-5-17-11/h4-6,8-9,11-14,20,24-28,32H,7,10,15-19H2,1-3H3,(H,30,33);3-5,7-8,10-13,19,23-27,32H,6,9,14-18,29H2,1-2H3,(H,30,33);7-8,11H,1-6H2/t24-,25+,26-,27-,28+;23-,24+,25-,26-,27+;7-,8-,11+/m111/s1. The molecule has 544 valence electrons. The number of imide groups is 1. The first-order valence-corrected chi connectivity index (χ1v) is 36.7. The molecule has 0 bridgehead atoms. The van der Waals surface area contributed by atoms with Crippen molar-refractivity contribution in [1.29, 1.82) is 0 Å². The number of carbonyl (C=O) groups excluding carboxylic acids is 5. The quantitative estimate of drug-likeness (QED) is 0.0210. The lowest BCUT2D eigenvalue weighted by molar-refractivity contribution is -0.179. The van der Waals surface area contributed by atoms with Crippen LogP contribution < -0.4 is 21.1 Å². The predicted molar refractivity (Wildman–Crippen MR) is 355 cm³/mol. The van der Waals surface area contributed by atoms with Gasteiger partial charge in [-0.25, -0.2) is 31.2 Å². The Kier molecular flexibility index (Phi) is 27.7. The minimum Gasteiger partial charge on any atom is -0.497 e. The van der Waals surface area contributed by atoms with Crippen LogP contribution in [0.3, 0.4) is 0 Å². The summed E-state index contributed by atoms with van der Waals surface area (Å²) < 4.78 is 112. The largest absolute Gasteiger partial charge is 0.534 e. The van der Waals surface area contributed by atoms with Crippen molar-refractivity contribution >= 4 is 55.9 Å². The molecular weight excluding hydrogens is 1330 g/mol. The Morgan fingerprint density at radius 3 is 1.29 bits per heavy atom. The summed E-state index contributed by atoms with van der Waals surface area (Å²) in [6, 6.07) is 29.3. The number of hydrogen-bond acceptors (Lipinski definition) is 23. The number of methoxy groups -OCH3 is 1. The van der Waals surface area contributed by atoms with Crippen LogP contribution in [-0.4, -0.2) is 205 Å². The van der Waals surface area contributed by atoms with Gasteiger partial charge in [0.25, 0.3) is 11.8 Å². The Hall–Kier alpha value is -7.07. The van der Waals surface area contributed by atoms with Gasteiger partial charge in [-0.1, -0.05) is 93.4 Å². The van der Waals surface area contributed by atoms with E-state index < -0.39 is 92.8 Å². The molecule has 4 aromatic carbocycles. The predicted octanol–water partition coefficient (Wildman–Crippen LogP) is 6.31. The van der Waals surface area contributed by atoms with Crippen LogP contribution in [0.15, 0.2) is 119 Å². The van der Waals surface area contributed by atoms with Gasteiger partial charge >= 0.3 is 18.3 Å². The molecule has 7 saturated heterocycles. The van der Waals surface area contributed by atoms with Crippen molar-refractivity contribution in [3.05, 3.63) is 120 Å². The van der Waals surface area contributed by atoms with Crippen LogP contribution in [-0.2, 0) is 89.9 Å². The number of aliphatic hydroxyl groups is 2. The number of benzene rings is 4. The summed E-state index contributed by atoms with van der Waals surface area (Å²) >= 11 is 0. The van der Waals surface area contributed by atoms with Gasteiger partial charge in [-0.2, -0.15) is 8.61 Å². The first-order valence-electron chi connectivity index (χ1n) is 33.8. The van der Waals surface area contributed by atoms with Gasteiger partial charge in [0.2, 0.25) is 20.0 Å². The average Bonchev–Trinajstić information content (AvgIpc) is 1.76. The van der Waals surface area contributed by atoms with E-state index in [-0.39, 0.29) is 130 Å². The van der Waals surface area contributed by atoms with Gasteiger partial charge < -0.3 is 73.9 Å². The zero-order valence-electron chi connectivity index (χ0n) is 56.5. The van der Waals surface area contributed by atoms with Crippen LogP contribution in [0.1, 0.15) is 90.2 Å². The Labute approximate surface area is 578 Å². The molecule has 7 aliphatic rings. The fraction of sp³-hybridized carbons (Fsp3) is 0.580. The molecule has 0 saturated carbocycles. The monoisotopic (exact) mass is 1420 g/mol. The Morgan fingerprint density at radius 1 is 0.545 bits per heavy atom. The van der Waals surface area contributed by atoms with Crippen LogP contribution in [0, 0.1) is 29.6 Å². The molecule has 28 nitrogen and oxygen atoms in total. The second-order valence-electron chi connectivity index (χ2n) is 26.3. The summed E-state index contributed by atoms with van der Waals surface area (Å²) in [6.45, 7) is 10.2. The lowest BCUT2D eigenvalue weighted by atomic mass is 9.97. The fourth-order valence-electron chi connectivity index (χ4n) is 12.8. The number of sulfonamides is 2. The third-order valence-electron chi connectivity index (χ3n) is 17.8. The van der Waals surface area contributed by atoms with Gasteiger partial charge in [0, 0.05) is 82.3 Å². The summed E-state index contributed by atoms with van der Waals surface area (Å²) in [5, 5.41) is 28.8. The number of rotatable bonds is 25. The van der Waals surface area contributed by atoms with Crippen molar-refractivity contribution in [3.8, 4) is 5.75 Å². The number of hydroxylamine groups is 2. The van der Waals surface area contributed by atoms with Crippen molar-refractivity contribution in [2.45, 2.75) is 163 Å². The van der Waals surface area contributed by atoms with Crippen molar-refractivity contribution in [2.75, 3.05) is 78.7 Å². The van der Waals surface area contributed by atoms with Gasteiger partial charge in [0.05, 0.1) is 61.0 Å². The van der Waals surface area contributed by atoms with E-state index >= 15 is 0 Å². The maximum atomic E-state index is 13.6. The zero-order chi connectivity index (χ0) is 70.8. The zero-order valence-corrected chi connectivity index (χ0v) is 58.1. The number of ether oxygens (including phenoxy) is 10. The number of nitrogens with zero attached hydrogens (tertiary/aromatic N) is 3. The maximum absolute atomic E-state index is 13.6. The number of hydrogen-bond donors (Lipinski definition) is 5. The normalized spacial score (nSPS) is 24.8. The summed E-state index contributed by atoms with van der Waals surface area (Å²) in [6.07, 6.45) is -1.53. The van der Waals surface area contributed by atoms with Crippen LogP contribution in [0.2, 0.25) is 0 Å². The van der Waals surface area contributed by atoms with Crippen molar-refractivity contribution in [2.24, 2.45) is 29.6 Å². The van der Waals surface area contributed by atoms with Crippen molar-refractivity contribution in [3.63, 3.8) is 0 Å². The highest BCUT2D eigenvalue weighted by molar-refractivity contribution is 7.89. The molecule has 30 heteroatoms. The third-order valence-corrected chi connectivity index (χ3v) is 21.5. The van der Waals surface area contributed by atoms with Crippen LogP contribution in [0.5, 0.6) is 5.75 Å². The Balaban J connectivity index is 0.000000183. The number of amides is 4. The molecule has 7 heterocycles. The average molecular weight is 1420 g/mol. The highest BCUT2D eigenvalue weighted by atomic mass is 32.2. The van der Waals surface area contributed by atoms with Crippen LogP contribution in [0.25, 0.3) is 0 Å². The Bertz CT molecular complexity index is 3480. The minimum absolute atomic E-state index is 0.000668. The van der Waals surface area contributed by atoms with Gasteiger partial charge in [-0.15, -0.1) is 0 Å². The first kappa shape index (κ1) is 76.1. The smallest absolute Gasteiger partial charge is 0.497 e. The fourth-order valence-corrected chi connectivity index (χ4v) is 16.0. The van der Waals surface area contributed by atoms with E-state index in [1.54, 1.807) is 12.1 Å². The molecule has 4 amide bonds. The second-order valence-corrected chi connectivity index (χ2v) is 30.2. The highest BCUT2D eigenvalue weighted by Crippen LogP contribution is 2.36. The van der Waals surface area contributed by atoms with Crippen molar-refractivity contribution in [1.82, 2.24) is 24.3 Å². The molecule has 4 aromatic rings. The molecule has 7 aliphatic heterocycles. The number of alkyl carbamates (subject to hydrolysis) is 2. The van der Waals surface area contributed by atoms with E-state index in [2.05, 4.69) is 15.5 Å². The molecular formula is C69H94N6O22S2.